The van der Waals surface area contributed by atoms with Crippen LogP contribution in [0.1, 0.15) is 50.4 Å². The fraction of sp³-hybridized carbons (Fsp3) is 0.533. The van der Waals surface area contributed by atoms with Crippen molar-refractivity contribution in [2.24, 2.45) is 0 Å². The van der Waals surface area contributed by atoms with Gasteiger partial charge in [0.2, 0.25) is 10.0 Å². The van der Waals surface area contributed by atoms with Crippen LogP contribution in [0.15, 0.2) is 23.1 Å². The highest BCUT2D eigenvalue weighted by atomic mass is 32.2. The van der Waals surface area contributed by atoms with Crippen molar-refractivity contribution in [2.45, 2.75) is 51.0 Å². The topological polar surface area (TPSA) is 95.5 Å². The average molecular weight is 328 g/mol. The Balaban J connectivity index is 3.09. The van der Waals surface area contributed by atoms with Crippen molar-refractivity contribution in [3.8, 4) is 0 Å². The van der Waals surface area contributed by atoms with Crippen LogP contribution in [0.25, 0.3) is 0 Å². The highest BCUT2D eigenvalue weighted by Crippen LogP contribution is 2.21. The first-order chi connectivity index (χ1) is 10.3. The highest BCUT2D eigenvalue weighted by Gasteiger charge is 2.20. The third-order valence-electron chi connectivity index (χ3n) is 3.35. The van der Waals surface area contributed by atoms with Gasteiger partial charge in [0.15, 0.2) is 0 Å². The summed E-state index contributed by atoms with van der Waals surface area (Å²) in [5.41, 5.74) is 0.395. The Morgan fingerprint density at radius 3 is 2.55 bits per heavy atom. The molecule has 3 N–H and O–H groups in total. The molecule has 0 amide bonds. The van der Waals surface area contributed by atoms with Gasteiger partial charge < -0.3 is 10.4 Å². The number of unbranched alkanes of at least 4 members (excludes halogenated alkanes) is 1. The van der Waals surface area contributed by atoms with E-state index in [1.54, 1.807) is 6.92 Å². The Morgan fingerprint density at radius 2 is 2.00 bits per heavy atom. The van der Waals surface area contributed by atoms with Crippen LogP contribution in [-0.2, 0) is 10.0 Å². The molecule has 0 bridgehead atoms. The van der Waals surface area contributed by atoms with Gasteiger partial charge in [-0.05, 0) is 38.0 Å². The molecule has 0 aromatic heterocycles. The number of rotatable bonds is 9. The van der Waals surface area contributed by atoms with Gasteiger partial charge in [0, 0.05) is 18.3 Å². The van der Waals surface area contributed by atoms with E-state index in [-0.39, 0.29) is 16.5 Å². The summed E-state index contributed by atoms with van der Waals surface area (Å²) < 4.78 is 27.0. The number of nitrogens with one attached hydrogen (secondary N) is 2. The summed E-state index contributed by atoms with van der Waals surface area (Å²) >= 11 is 0. The SMILES string of the molecule is CCCCNc1ccc(S(=O)(=O)N[C@@H](C)CC)cc1C(=O)O. The summed E-state index contributed by atoms with van der Waals surface area (Å²) in [6.45, 7) is 6.32. The molecule has 0 saturated heterocycles. The van der Waals surface area contributed by atoms with E-state index < -0.39 is 16.0 Å². The normalized spacial score (nSPS) is 12.9. The molecule has 22 heavy (non-hydrogen) atoms. The number of sulfonamides is 1. The number of hydrogen-bond acceptors (Lipinski definition) is 4. The zero-order valence-corrected chi connectivity index (χ0v) is 14.0. The summed E-state index contributed by atoms with van der Waals surface area (Å²) in [6.07, 6.45) is 2.55. The molecule has 6 nitrogen and oxygen atoms in total. The van der Waals surface area contributed by atoms with E-state index in [4.69, 9.17) is 0 Å². The first-order valence-corrected chi connectivity index (χ1v) is 8.93. The van der Waals surface area contributed by atoms with Crippen LogP contribution >= 0.6 is 0 Å². The summed E-state index contributed by atoms with van der Waals surface area (Å²) in [5.74, 6) is -1.15. The second-order valence-electron chi connectivity index (χ2n) is 5.22. The van der Waals surface area contributed by atoms with Crippen molar-refractivity contribution in [1.82, 2.24) is 4.72 Å². The van der Waals surface area contributed by atoms with Crippen LogP contribution < -0.4 is 10.0 Å². The molecular weight excluding hydrogens is 304 g/mol. The van der Waals surface area contributed by atoms with E-state index in [9.17, 15) is 18.3 Å². The third-order valence-corrected chi connectivity index (χ3v) is 4.93. The molecule has 1 atom stereocenters. The fourth-order valence-corrected chi connectivity index (χ4v) is 3.19. The van der Waals surface area contributed by atoms with Crippen LogP contribution in [0.2, 0.25) is 0 Å². The maximum Gasteiger partial charge on any atom is 0.337 e. The van der Waals surface area contributed by atoms with Gasteiger partial charge in [-0.15, -0.1) is 0 Å². The molecule has 0 spiro atoms. The quantitative estimate of drug-likeness (QED) is 0.606. The van der Waals surface area contributed by atoms with E-state index in [1.165, 1.54) is 18.2 Å². The maximum atomic E-state index is 12.2. The fourth-order valence-electron chi connectivity index (χ4n) is 1.84. The molecule has 1 aromatic rings. The van der Waals surface area contributed by atoms with Gasteiger partial charge in [-0.25, -0.2) is 17.9 Å². The molecule has 7 heteroatoms. The lowest BCUT2D eigenvalue weighted by Crippen LogP contribution is -2.32. The second-order valence-corrected chi connectivity index (χ2v) is 6.94. The van der Waals surface area contributed by atoms with Gasteiger partial charge in [-0.2, -0.15) is 0 Å². The molecule has 0 saturated carbocycles. The molecule has 0 radical (unpaired) electrons. The molecule has 0 heterocycles. The largest absolute Gasteiger partial charge is 0.478 e. The monoisotopic (exact) mass is 328 g/mol. The van der Waals surface area contributed by atoms with E-state index in [1.807, 2.05) is 13.8 Å². The number of anilines is 1. The maximum absolute atomic E-state index is 12.2. The van der Waals surface area contributed by atoms with Gasteiger partial charge in [0.1, 0.15) is 0 Å². The molecule has 1 rings (SSSR count). The van der Waals surface area contributed by atoms with Crippen molar-refractivity contribution in [3.05, 3.63) is 23.8 Å². The van der Waals surface area contributed by atoms with Gasteiger partial charge in [0.05, 0.1) is 10.5 Å². The summed E-state index contributed by atoms with van der Waals surface area (Å²) in [6, 6.07) is 3.91. The third kappa shape index (κ3) is 4.99. The molecule has 1 aromatic carbocycles. The van der Waals surface area contributed by atoms with E-state index >= 15 is 0 Å². The van der Waals surface area contributed by atoms with Gasteiger partial charge in [-0.3, -0.25) is 0 Å². The molecule has 0 fully saturated rings. The first kappa shape index (κ1) is 18.4. The summed E-state index contributed by atoms with van der Waals surface area (Å²) in [5, 5.41) is 12.3. The molecule has 0 unspecified atom stereocenters. The van der Waals surface area contributed by atoms with Crippen molar-refractivity contribution in [1.29, 1.82) is 0 Å². The predicted octanol–water partition coefficient (Wildman–Crippen LogP) is 2.67. The van der Waals surface area contributed by atoms with Crippen LogP contribution in [0.3, 0.4) is 0 Å². The number of aromatic carboxylic acids is 1. The van der Waals surface area contributed by atoms with E-state index in [0.29, 0.717) is 18.7 Å². The van der Waals surface area contributed by atoms with Crippen molar-refractivity contribution in [3.63, 3.8) is 0 Å². The van der Waals surface area contributed by atoms with Crippen LogP contribution in [0, 0.1) is 0 Å². The standard InChI is InChI=1S/C15H24N2O4S/c1-4-6-9-16-14-8-7-12(10-13(14)15(18)19)22(20,21)17-11(3)5-2/h7-8,10-11,16-17H,4-6,9H2,1-3H3,(H,18,19)/t11-/m0/s1. The minimum Gasteiger partial charge on any atom is -0.478 e. The van der Waals surface area contributed by atoms with Crippen molar-refractivity contribution >= 4 is 21.7 Å². The Kier molecular flexibility index (Phi) is 6.83. The first-order valence-electron chi connectivity index (χ1n) is 7.45. The number of benzene rings is 1. The number of carboxylic acid groups (broad SMARTS) is 1. The van der Waals surface area contributed by atoms with E-state index in [0.717, 1.165) is 12.8 Å². The molecule has 0 aliphatic heterocycles. The second kappa shape index (κ2) is 8.14. The van der Waals surface area contributed by atoms with E-state index in [2.05, 4.69) is 10.0 Å². The minimum atomic E-state index is -3.71. The zero-order valence-electron chi connectivity index (χ0n) is 13.2. The summed E-state index contributed by atoms with van der Waals surface area (Å²) in [4.78, 5) is 11.3. The van der Waals surface area contributed by atoms with Gasteiger partial charge >= 0.3 is 5.97 Å². The Morgan fingerprint density at radius 1 is 1.32 bits per heavy atom. The number of carboxylic acids is 1. The number of carbonyl (C=O) groups is 1. The Labute approximate surface area is 132 Å². The average Bonchev–Trinajstić information content (AvgIpc) is 2.46. The number of hydrogen-bond donors (Lipinski definition) is 3. The lowest BCUT2D eigenvalue weighted by atomic mass is 10.1. The highest BCUT2D eigenvalue weighted by molar-refractivity contribution is 7.89. The molecular formula is C15H24N2O4S. The lowest BCUT2D eigenvalue weighted by molar-refractivity contribution is 0.0697. The van der Waals surface area contributed by atoms with Gasteiger partial charge in [0.25, 0.3) is 0 Å². The van der Waals surface area contributed by atoms with Crippen molar-refractivity contribution in [2.75, 3.05) is 11.9 Å². The molecule has 0 aliphatic rings. The molecule has 0 aliphatic carbocycles. The van der Waals surface area contributed by atoms with Crippen LogP contribution in [0.4, 0.5) is 5.69 Å². The predicted molar refractivity (Wildman–Crippen MR) is 86.9 cm³/mol. The smallest absolute Gasteiger partial charge is 0.337 e. The zero-order chi connectivity index (χ0) is 16.8. The van der Waals surface area contributed by atoms with Crippen LogP contribution in [0.5, 0.6) is 0 Å². The minimum absolute atomic E-state index is 0.0359. The lowest BCUT2D eigenvalue weighted by Gasteiger charge is -2.14. The summed E-state index contributed by atoms with van der Waals surface area (Å²) in [7, 11) is -3.71. The molecule has 124 valence electrons. The van der Waals surface area contributed by atoms with Crippen molar-refractivity contribution < 1.29 is 18.3 Å². The Hall–Kier alpha value is -1.60. The van der Waals surface area contributed by atoms with Gasteiger partial charge in [-0.1, -0.05) is 20.3 Å². The Bertz CT molecular complexity index is 614. The van der Waals surface area contributed by atoms with Crippen LogP contribution in [-0.4, -0.2) is 32.1 Å².